The fraction of sp³-hybridized carbons (Fsp3) is 0.526. The maximum absolute atomic E-state index is 12.3. The molecule has 0 spiro atoms. The molecule has 8 heteroatoms. The molecule has 1 saturated carbocycles. The van der Waals surface area contributed by atoms with Gasteiger partial charge in [-0.05, 0) is 37.5 Å². The van der Waals surface area contributed by atoms with Crippen molar-refractivity contribution >= 4 is 29.3 Å². The minimum absolute atomic E-state index is 0.0566. The van der Waals surface area contributed by atoms with Gasteiger partial charge in [0, 0.05) is 43.5 Å². The number of carbonyl (C=O) groups excluding carboxylic acids is 3. The molecule has 8 nitrogen and oxygen atoms in total. The van der Waals surface area contributed by atoms with Crippen molar-refractivity contribution in [2.45, 2.75) is 32.6 Å². The molecule has 0 atom stereocenters. The topological polar surface area (TPSA) is 103 Å². The third-order valence-corrected chi connectivity index (χ3v) is 5.09. The summed E-state index contributed by atoms with van der Waals surface area (Å²) in [5, 5.41) is 11.2. The highest BCUT2D eigenvalue weighted by Gasteiger charge is 2.23. The van der Waals surface area contributed by atoms with Crippen LogP contribution in [0.5, 0.6) is 0 Å². The van der Waals surface area contributed by atoms with Gasteiger partial charge in [-0.15, -0.1) is 0 Å². The van der Waals surface area contributed by atoms with E-state index in [0.29, 0.717) is 31.9 Å². The van der Waals surface area contributed by atoms with E-state index in [2.05, 4.69) is 21.3 Å². The minimum atomic E-state index is -0.341. The molecule has 2 aliphatic rings. The molecule has 5 amide bonds. The second-order valence-corrected chi connectivity index (χ2v) is 7.10. The number of urea groups is 2. The number of anilines is 2. The molecule has 0 radical (unpaired) electrons. The van der Waals surface area contributed by atoms with E-state index in [1.807, 2.05) is 13.0 Å². The number of hydrogen-bond donors (Lipinski definition) is 4. The molecule has 0 aromatic heterocycles. The van der Waals surface area contributed by atoms with Crippen LogP contribution in [0.2, 0.25) is 0 Å². The SMILES string of the molecule is Cc1ccc(NC(=O)NCCN2CCNC2=O)cc1NC(=O)C1CCCC1. The number of hydrogen-bond acceptors (Lipinski definition) is 3. The van der Waals surface area contributed by atoms with E-state index < -0.39 is 0 Å². The summed E-state index contributed by atoms with van der Waals surface area (Å²) in [6, 6.07) is 5.00. The molecule has 4 N–H and O–H groups in total. The maximum Gasteiger partial charge on any atom is 0.319 e. The minimum Gasteiger partial charge on any atom is -0.336 e. The lowest BCUT2D eigenvalue weighted by Gasteiger charge is -2.16. The van der Waals surface area contributed by atoms with E-state index in [1.165, 1.54) is 0 Å². The third-order valence-electron chi connectivity index (χ3n) is 5.09. The number of nitrogens with one attached hydrogen (secondary N) is 4. The Balaban J connectivity index is 1.49. The summed E-state index contributed by atoms with van der Waals surface area (Å²) in [4.78, 5) is 37.5. The fourth-order valence-corrected chi connectivity index (χ4v) is 3.46. The lowest BCUT2D eigenvalue weighted by Crippen LogP contribution is -2.38. The van der Waals surface area contributed by atoms with Crippen LogP contribution in [0.15, 0.2) is 18.2 Å². The summed E-state index contributed by atoms with van der Waals surface area (Å²) in [6.45, 7) is 4.06. The standard InChI is InChI=1S/C19H27N5O3/c1-13-6-7-15(12-16(13)23-17(25)14-4-2-3-5-14)22-18(26)20-8-10-24-11-9-21-19(24)27/h6-7,12,14H,2-5,8-11H2,1H3,(H,21,27)(H,23,25)(H2,20,22,26). The summed E-state index contributed by atoms with van der Waals surface area (Å²) >= 11 is 0. The Morgan fingerprint density at radius 2 is 2.00 bits per heavy atom. The van der Waals surface area contributed by atoms with Gasteiger partial charge in [0.15, 0.2) is 0 Å². The highest BCUT2D eigenvalue weighted by molar-refractivity contribution is 5.95. The Morgan fingerprint density at radius 1 is 1.22 bits per heavy atom. The molecular weight excluding hydrogens is 346 g/mol. The van der Waals surface area contributed by atoms with Gasteiger partial charge in [0.25, 0.3) is 0 Å². The summed E-state index contributed by atoms with van der Waals surface area (Å²) in [6.07, 6.45) is 4.11. The summed E-state index contributed by atoms with van der Waals surface area (Å²) in [7, 11) is 0. The monoisotopic (exact) mass is 373 g/mol. The lowest BCUT2D eigenvalue weighted by atomic mass is 10.1. The van der Waals surface area contributed by atoms with Gasteiger partial charge in [0.1, 0.15) is 0 Å². The van der Waals surface area contributed by atoms with Crippen molar-refractivity contribution in [2.24, 2.45) is 5.92 Å². The average molecular weight is 373 g/mol. The summed E-state index contributed by atoms with van der Waals surface area (Å²) in [5.41, 5.74) is 2.28. The molecule has 1 heterocycles. The number of nitrogens with zero attached hydrogens (tertiary/aromatic N) is 1. The van der Waals surface area contributed by atoms with Gasteiger partial charge in [-0.3, -0.25) is 4.79 Å². The summed E-state index contributed by atoms with van der Waals surface area (Å²) < 4.78 is 0. The van der Waals surface area contributed by atoms with Crippen molar-refractivity contribution in [1.82, 2.24) is 15.5 Å². The van der Waals surface area contributed by atoms with Crippen LogP contribution in [0.4, 0.5) is 21.0 Å². The van der Waals surface area contributed by atoms with Crippen molar-refractivity contribution in [2.75, 3.05) is 36.8 Å². The second kappa shape index (κ2) is 8.75. The highest BCUT2D eigenvalue weighted by atomic mass is 16.2. The molecule has 1 aliphatic heterocycles. The molecule has 27 heavy (non-hydrogen) atoms. The Bertz CT molecular complexity index is 715. The molecule has 146 valence electrons. The van der Waals surface area contributed by atoms with Crippen molar-refractivity contribution in [3.8, 4) is 0 Å². The van der Waals surface area contributed by atoms with E-state index in [0.717, 1.165) is 36.9 Å². The van der Waals surface area contributed by atoms with Crippen LogP contribution in [0, 0.1) is 12.8 Å². The van der Waals surface area contributed by atoms with Crippen LogP contribution in [-0.4, -0.2) is 49.0 Å². The predicted octanol–water partition coefficient (Wildman–Crippen LogP) is 2.27. The zero-order chi connectivity index (χ0) is 19.2. The van der Waals surface area contributed by atoms with E-state index in [4.69, 9.17) is 0 Å². The van der Waals surface area contributed by atoms with Crippen LogP contribution in [0.25, 0.3) is 0 Å². The van der Waals surface area contributed by atoms with E-state index in [9.17, 15) is 14.4 Å². The number of aryl methyl sites for hydroxylation is 1. The highest BCUT2D eigenvalue weighted by Crippen LogP contribution is 2.27. The zero-order valence-corrected chi connectivity index (χ0v) is 15.6. The number of benzene rings is 1. The van der Waals surface area contributed by atoms with Gasteiger partial charge < -0.3 is 26.2 Å². The Hall–Kier alpha value is -2.77. The quantitative estimate of drug-likeness (QED) is 0.615. The number of rotatable bonds is 6. The first-order chi connectivity index (χ1) is 13.0. The molecule has 2 fully saturated rings. The first kappa shape index (κ1) is 19.0. The normalized spacial score (nSPS) is 16.9. The van der Waals surface area contributed by atoms with Crippen LogP contribution >= 0.6 is 0 Å². The van der Waals surface area contributed by atoms with Gasteiger partial charge in [0.05, 0.1) is 0 Å². The fourth-order valence-electron chi connectivity index (χ4n) is 3.46. The van der Waals surface area contributed by atoms with E-state index >= 15 is 0 Å². The Labute approximate surface area is 159 Å². The van der Waals surface area contributed by atoms with Gasteiger partial charge >= 0.3 is 12.1 Å². The Morgan fingerprint density at radius 3 is 2.70 bits per heavy atom. The molecule has 1 saturated heterocycles. The van der Waals surface area contributed by atoms with Crippen molar-refractivity contribution in [1.29, 1.82) is 0 Å². The average Bonchev–Trinajstić information content (AvgIpc) is 3.30. The van der Waals surface area contributed by atoms with Gasteiger partial charge in [-0.1, -0.05) is 18.9 Å². The van der Waals surface area contributed by atoms with E-state index in [-0.39, 0.29) is 23.9 Å². The molecule has 1 aliphatic carbocycles. The number of amides is 5. The maximum atomic E-state index is 12.3. The van der Waals surface area contributed by atoms with Gasteiger partial charge in [-0.25, -0.2) is 9.59 Å². The second-order valence-electron chi connectivity index (χ2n) is 7.10. The Kier molecular flexibility index (Phi) is 6.16. The molecule has 1 aromatic rings. The van der Waals surface area contributed by atoms with Crippen molar-refractivity contribution in [3.05, 3.63) is 23.8 Å². The molecule has 3 rings (SSSR count). The molecule has 0 unspecified atom stereocenters. The number of carbonyl (C=O) groups is 3. The largest absolute Gasteiger partial charge is 0.336 e. The first-order valence-electron chi connectivity index (χ1n) is 9.52. The first-order valence-corrected chi connectivity index (χ1v) is 9.52. The lowest BCUT2D eigenvalue weighted by molar-refractivity contribution is -0.119. The van der Waals surface area contributed by atoms with Crippen LogP contribution in [0.1, 0.15) is 31.2 Å². The van der Waals surface area contributed by atoms with Crippen LogP contribution < -0.4 is 21.3 Å². The van der Waals surface area contributed by atoms with Gasteiger partial charge in [-0.2, -0.15) is 0 Å². The third kappa shape index (κ3) is 5.12. The van der Waals surface area contributed by atoms with E-state index in [1.54, 1.807) is 17.0 Å². The predicted molar refractivity (Wildman–Crippen MR) is 104 cm³/mol. The molecular formula is C19H27N5O3. The van der Waals surface area contributed by atoms with Crippen LogP contribution in [-0.2, 0) is 4.79 Å². The van der Waals surface area contributed by atoms with Crippen molar-refractivity contribution in [3.63, 3.8) is 0 Å². The smallest absolute Gasteiger partial charge is 0.319 e. The summed E-state index contributed by atoms with van der Waals surface area (Å²) in [5.74, 6) is 0.146. The van der Waals surface area contributed by atoms with Gasteiger partial charge in [0.2, 0.25) is 5.91 Å². The molecule has 1 aromatic carbocycles. The zero-order valence-electron chi connectivity index (χ0n) is 15.6. The molecule has 0 bridgehead atoms. The van der Waals surface area contributed by atoms with Crippen molar-refractivity contribution < 1.29 is 14.4 Å². The van der Waals surface area contributed by atoms with Crippen LogP contribution in [0.3, 0.4) is 0 Å².